The summed E-state index contributed by atoms with van der Waals surface area (Å²) in [5.74, 6) is 1.21. The molecule has 1 saturated heterocycles. The Morgan fingerprint density at radius 2 is 1.69 bits per heavy atom. The highest BCUT2D eigenvalue weighted by atomic mass is 32.2. The van der Waals surface area contributed by atoms with Crippen molar-refractivity contribution in [3.63, 3.8) is 0 Å². The van der Waals surface area contributed by atoms with Crippen molar-refractivity contribution in [3.8, 4) is 5.75 Å². The zero-order valence-corrected chi connectivity index (χ0v) is 16.5. The van der Waals surface area contributed by atoms with Crippen molar-refractivity contribution in [1.29, 1.82) is 0 Å². The molecule has 1 aliphatic heterocycles. The van der Waals surface area contributed by atoms with Crippen molar-refractivity contribution in [2.75, 3.05) is 11.5 Å². The largest absolute Gasteiger partial charge is 0.491 e. The number of ether oxygens (including phenoxy) is 1. The van der Waals surface area contributed by atoms with E-state index in [1.165, 1.54) is 0 Å². The summed E-state index contributed by atoms with van der Waals surface area (Å²) in [5, 5.41) is 3.15. The highest BCUT2D eigenvalue weighted by molar-refractivity contribution is 7.91. The summed E-state index contributed by atoms with van der Waals surface area (Å²) in [6.07, 6.45) is 4.92. The van der Waals surface area contributed by atoms with E-state index in [4.69, 9.17) is 4.74 Å². The Labute approximate surface area is 156 Å². The van der Waals surface area contributed by atoms with Gasteiger partial charge in [-0.15, -0.1) is 0 Å². The van der Waals surface area contributed by atoms with Crippen molar-refractivity contribution in [2.45, 2.75) is 69.9 Å². The topological polar surface area (TPSA) is 72.5 Å². The molecule has 1 aromatic rings. The van der Waals surface area contributed by atoms with Gasteiger partial charge in [0.15, 0.2) is 0 Å². The Kier molecular flexibility index (Phi) is 5.61. The summed E-state index contributed by atoms with van der Waals surface area (Å²) in [6, 6.07) is 7.86. The summed E-state index contributed by atoms with van der Waals surface area (Å²) in [7, 11) is -2.92. The molecule has 0 aromatic heterocycles. The van der Waals surface area contributed by atoms with Crippen LogP contribution in [0.1, 0.15) is 57.9 Å². The van der Waals surface area contributed by atoms with E-state index >= 15 is 0 Å². The molecule has 3 rings (SSSR count). The van der Waals surface area contributed by atoms with E-state index < -0.39 is 15.3 Å². The lowest BCUT2D eigenvalue weighted by Gasteiger charge is -2.32. The van der Waals surface area contributed by atoms with Crippen LogP contribution in [0.15, 0.2) is 24.3 Å². The summed E-state index contributed by atoms with van der Waals surface area (Å²) >= 11 is 0. The Balaban J connectivity index is 1.74. The molecule has 0 radical (unpaired) electrons. The van der Waals surface area contributed by atoms with Crippen LogP contribution in [0.5, 0.6) is 5.75 Å². The number of carbonyl (C=O) groups excluding carboxylic acids is 1. The number of nitrogens with one attached hydrogen (secondary N) is 1. The van der Waals surface area contributed by atoms with E-state index in [-0.39, 0.29) is 29.6 Å². The lowest BCUT2D eigenvalue weighted by atomic mass is 9.77. The maximum atomic E-state index is 13.2. The van der Waals surface area contributed by atoms with Gasteiger partial charge >= 0.3 is 0 Å². The van der Waals surface area contributed by atoms with E-state index in [1.807, 2.05) is 38.1 Å². The van der Waals surface area contributed by atoms with E-state index in [2.05, 4.69) is 5.32 Å². The molecule has 1 aliphatic carbocycles. The molecule has 0 bridgehead atoms. The summed E-state index contributed by atoms with van der Waals surface area (Å²) in [5.41, 5.74) is 0.541. The van der Waals surface area contributed by atoms with Crippen molar-refractivity contribution in [3.05, 3.63) is 29.8 Å². The van der Waals surface area contributed by atoms with Crippen LogP contribution in [0.4, 0.5) is 0 Å². The molecule has 144 valence electrons. The van der Waals surface area contributed by atoms with Crippen molar-refractivity contribution in [1.82, 2.24) is 5.32 Å². The molecule has 1 N–H and O–H groups in total. The quantitative estimate of drug-likeness (QED) is 0.854. The third-order valence-electron chi connectivity index (χ3n) is 5.56. The number of sulfone groups is 1. The molecule has 1 aromatic carbocycles. The first-order valence-corrected chi connectivity index (χ1v) is 11.4. The van der Waals surface area contributed by atoms with Crippen LogP contribution in [-0.4, -0.2) is 38.0 Å². The fourth-order valence-electron chi connectivity index (χ4n) is 4.11. The van der Waals surface area contributed by atoms with Gasteiger partial charge in [0.2, 0.25) is 5.91 Å². The average Bonchev–Trinajstić information content (AvgIpc) is 3.08. The first kappa shape index (κ1) is 19.2. The molecule has 0 spiro atoms. The molecule has 1 heterocycles. The molecule has 0 unspecified atom stereocenters. The van der Waals surface area contributed by atoms with Gasteiger partial charge in [0, 0.05) is 6.04 Å². The maximum Gasteiger partial charge on any atom is 0.230 e. The first-order chi connectivity index (χ1) is 12.3. The average molecular weight is 380 g/mol. The van der Waals surface area contributed by atoms with Gasteiger partial charge in [0.05, 0.1) is 23.0 Å². The predicted octanol–water partition coefficient (Wildman–Crippen LogP) is 2.98. The molecule has 2 fully saturated rings. The molecular formula is C20H29NO4S. The molecule has 6 heteroatoms. The van der Waals surface area contributed by atoms with Gasteiger partial charge in [-0.05, 0) is 57.2 Å². The zero-order chi connectivity index (χ0) is 18.8. The van der Waals surface area contributed by atoms with Crippen LogP contribution in [-0.2, 0) is 20.0 Å². The fourth-order valence-corrected chi connectivity index (χ4v) is 5.60. The molecule has 1 saturated carbocycles. The van der Waals surface area contributed by atoms with Gasteiger partial charge in [0.25, 0.3) is 0 Å². The lowest BCUT2D eigenvalue weighted by molar-refractivity contribution is -0.127. The van der Waals surface area contributed by atoms with Gasteiger partial charge in [0.1, 0.15) is 15.6 Å². The minimum Gasteiger partial charge on any atom is -0.491 e. The number of carbonyl (C=O) groups is 1. The van der Waals surface area contributed by atoms with E-state index in [1.54, 1.807) is 0 Å². The SMILES string of the molecule is CC(C)Oc1ccc(C2(C(=O)NC3CCS(=O)(=O)CC3)CCCC2)cc1. The van der Waals surface area contributed by atoms with Crippen molar-refractivity contribution >= 4 is 15.7 Å². The van der Waals surface area contributed by atoms with E-state index in [0.29, 0.717) is 12.8 Å². The molecule has 0 atom stereocenters. The number of hydrogen-bond donors (Lipinski definition) is 1. The third kappa shape index (κ3) is 4.22. The minimum atomic E-state index is -2.92. The standard InChI is InChI=1S/C20H29NO4S/c1-15(2)25-18-7-5-16(6-8-18)20(11-3-4-12-20)19(22)21-17-9-13-26(23,24)14-10-17/h5-8,15,17H,3-4,9-14H2,1-2H3,(H,21,22). The first-order valence-electron chi connectivity index (χ1n) is 9.59. The normalized spacial score (nSPS) is 22.3. The van der Waals surface area contributed by atoms with Crippen LogP contribution < -0.4 is 10.1 Å². The minimum absolute atomic E-state index is 0.0351. The van der Waals surface area contributed by atoms with Crippen LogP contribution in [0, 0.1) is 0 Å². The maximum absolute atomic E-state index is 13.2. The molecule has 5 nitrogen and oxygen atoms in total. The second-order valence-corrected chi connectivity index (χ2v) is 10.2. The highest BCUT2D eigenvalue weighted by Crippen LogP contribution is 2.42. The molecule has 2 aliphatic rings. The van der Waals surface area contributed by atoms with Gasteiger partial charge in [-0.3, -0.25) is 4.79 Å². The molecule has 1 amide bonds. The van der Waals surface area contributed by atoms with Gasteiger partial charge < -0.3 is 10.1 Å². The Bertz CT molecular complexity index is 720. The summed E-state index contributed by atoms with van der Waals surface area (Å²) in [6.45, 7) is 3.98. The monoisotopic (exact) mass is 379 g/mol. The Morgan fingerprint density at radius 3 is 2.23 bits per heavy atom. The Hall–Kier alpha value is -1.56. The highest BCUT2D eigenvalue weighted by Gasteiger charge is 2.43. The zero-order valence-electron chi connectivity index (χ0n) is 15.7. The predicted molar refractivity (Wildman–Crippen MR) is 102 cm³/mol. The number of benzene rings is 1. The van der Waals surface area contributed by atoms with Crippen LogP contribution in [0.3, 0.4) is 0 Å². The van der Waals surface area contributed by atoms with Gasteiger partial charge in [-0.25, -0.2) is 8.42 Å². The van der Waals surface area contributed by atoms with Gasteiger partial charge in [-0.2, -0.15) is 0 Å². The summed E-state index contributed by atoms with van der Waals surface area (Å²) < 4.78 is 28.9. The van der Waals surface area contributed by atoms with Crippen LogP contribution >= 0.6 is 0 Å². The van der Waals surface area contributed by atoms with Crippen molar-refractivity contribution in [2.24, 2.45) is 0 Å². The second kappa shape index (κ2) is 7.59. The molecule has 26 heavy (non-hydrogen) atoms. The second-order valence-electron chi connectivity index (χ2n) is 7.88. The lowest BCUT2D eigenvalue weighted by Crippen LogP contribution is -2.49. The third-order valence-corrected chi connectivity index (χ3v) is 7.28. The van der Waals surface area contributed by atoms with Crippen LogP contribution in [0.2, 0.25) is 0 Å². The van der Waals surface area contributed by atoms with Crippen LogP contribution in [0.25, 0.3) is 0 Å². The number of hydrogen-bond acceptors (Lipinski definition) is 4. The molecular weight excluding hydrogens is 350 g/mol. The van der Waals surface area contributed by atoms with Crippen molar-refractivity contribution < 1.29 is 17.9 Å². The van der Waals surface area contributed by atoms with Gasteiger partial charge in [-0.1, -0.05) is 25.0 Å². The Morgan fingerprint density at radius 1 is 1.12 bits per heavy atom. The number of amides is 1. The van der Waals surface area contributed by atoms with E-state index in [9.17, 15) is 13.2 Å². The smallest absolute Gasteiger partial charge is 0.230 e. The van der Waals surface area contributed by atoms with E-state index in [0.717, 1.165) is 37.0 Å². The number of rotatable bonds is 5. The summed E-state index contributed by atoms with van der Waals surface area (Å²) in [4.78, 5) is 13.2. The fraction of sp³-hybridized carbons (Fsp3) is 0.650.